The molecule has 0 saturated carbocycles. The third-order valence-electron chi connectivity index (χ3n) is 2.30. The fourth-order valence-corrected chi connectivity index (χ4v) is 1.60. The van der Waals surface area contributed by atoms with E-state index in [0.29, 0.717) is 6.54 Å². The van der Waals surface area contributed by atoms with Gasteiger partial charge < -0.3 is 9.47 Å². The molecule has 5 heteroatoms. The highest BCUT2D eigenvalue weighted by Gasteiger charge is 2.18. The third kappa shape index (κ3) is 3.06. The number of imidazole rings is 1. The van der Waals surface area contributed by atoms with Crippen molar-refractivity contribution in [3.63, 3.8) is 0 Å². The highest BCUT2D eigenvalue weighted by Crippen LogP contribution is 2.09. The largest absolute Gasteiger partial charge is 0.337 e. The van der Waals surface area contributed by atoms with E-state index in [1.54, 1.807) is 18.1 Å². The highest BCUT2D eigenvalue weighted by molar-refractivity contribution is 9.10. The van der Waals surface area contributed by atoms with Gasteiger partial charge >= 0.3 is 0 Å². The Bertz CT molecular complexity index is 337. The van der Waals surface area contributed by atoms with E-state index in [4.69, 9.17) is 0 Å². The summed E-state index contributed by atoms with van der Waals surface area (Å²) in [5, 5.41) is 0. The molecule has 1 atom stereocenters. The van der Waals surface area contributed by atoms with Crippen molar-refractivity contribution in [2.45, 2.75) is 24.7 Å². The second-order valence-corrected chi connectivity index (χ2v) is 4.63. The molecule has 0 saturated heterocycles. The topological polar surface area (TPSA) is 38.1 Å². The summed E-state index contributed by atoms with van der Waals surface area (Å²) < 4.78 is 1.92. The number of carbonyl (C=O) groups excluding carboxylic acids is 1. The number of hydrogen-bond acceptors (Lipinski definition) is 2. The summed E-state index contributed by atoms with van der Waals surface area (Å²) in [6, 6.07) is 0. The smallest absolute Gasteiger partial charge is 0.236 e. The molecular formula is C10H16BrN3O. The molecule has 15 heavy (non-hydrogen) atoms. The second-order valence-electron chi connectivity index (χ2n) is 3.52. The van der Waals surface area contributed by atoms with Gasteiger partial charge in [-0.3, -0.25) is 4.79 Å². The molecular weight excluding hydrogens is 258 g/mol. The molecule has 0 radical (unpaired) electrons. The van der Waals surface area contributed by atoms with Gasteiger partial charge in [0.15, 0.2) is 0 Å². The normalized spacial score (nSPS) is 12.5. The maximum absolute atomic E-state index is 11.8. The van der Waals surface area contributed by atoms with Crippen LogP contribution in [0.1, 0.15) is 19.2 Å². The maximum atomic E-state index is 11.8. The van der Waals surface area contributed by atoms with Crippen LogP contribution in [0, 0.1) is 0 Å². The van der Waals surface area contributed by atoms with Crippen molar-refractivity contribution in [2.24, 2.45) is 7.05 Å². The van der Waals surface area contributed by atoms with Crippen LogP contribution in [-0.4, -0.2) is 32.2 Å². The summed E-state index contributed by atoms with van der Waals surface area (Å²) in [5.74, 6) is 0.988. The van der Waals surface area contributed by atoms with Gasteiger partial charge in [-0.25, -0.2) is 4.98 Å². The van der Waals surface area contributed by atoms with Gasteiger partial charge in [0.25, 0.3) is 0 Å². The molecule has 0 fully saturated rings. The lowest BCUT2D eigenvalue weighted by atomic mass is 10.3. The molecule has 1 heterocycles. The predicted octanol–water partition coefficient (Wildman–Crippen LogP) is 1.55. The molecule has 0 aromatic carbocycles. The van der Waals surface area contributed by atoms with Crippen LogP contribution in [-0.2, 0) is 18.4 Å². The summed E-state index contributed by atoms with van der Waals surface area (Å²) in [7, 11) is 3.72. The Morgan fingerprint density at radius 1 is 1.73 bits per heavy atom. The van der Waals surface area contributed by atoms with E-state index in [9.17, 15) is 4.79 Å². The van der Waals surface area contributed by atoms with Crippen molar-refractivity contribution in [3.05, 3.63) is 18.2 Å². The van der Waals surface area contributed by atoms with Crippen LogP contribution in [0.2, 0.25) is 0 Å². The van der Waals surface area contributed by atoms with E-state index in [0.717, 1.165) is 12.2 Å². The number of aryl methyl sites for hydroxylation is 1. The molecule has 1 amide bonds. The third-order valence-corrected chi connectivity index (χ3v) is 3.34. The molecule has 1 aromatic rings. The first kappa shape index (κ1) is 12.2. The first-order valence-electron chi connectivity index (χ1n) is 4.91. The Balaban J connectivity index is 2.60. The number of carbonyl (C=O) groups is 1. The lowest BCUT2D eigenvalue weighted by Gasteiger charge is -2.19. The standard InChI is InChI=1S/C10H16BrN3O/c1-4-8(11)10(15)14(3)7-9-12-5-6-13(9)2/h5-6,8H,4,7H2,1-3H3. The molecule has 0 N–H and O–H groups in total. The average Bonchev–Trinajstić information content (AvgIpc) is 2.62. The van der Waals surface area contributed by atoms with E-state index in [1.165, 1.54) is 0 Å². The van der Waals surface area contributed by atoms with E-state index in [2.05, 4.69) is 20.9 Å². The quantitative estimate of drug-likeness (QED) is 0.781. The van der Waals surface area contributed by atoms with Crippen LogP contribution in [0.3, 0.4) is 0 Å². The van der Waals surface area contributed by atoms with Gasteiger partial charge in [0.1, 0.15) is 5.82 Å². The molecule has 0 aliphatic carbocycles. The summed E-state index contributed by atoms with van der Waals surface area (Å²) in [6.45, 7) is 2.52. The monoisotopic (exact) mass is 273 g/mol. The fraction of sp³-hybridized carbons (Fsp3) is 0.600. The Morgan fingerprint density at radius 3 is 2.87 bits per heavy atom. The van der Waals surface area contributed by atoms with Crippen molar-refractivity contribution in [1.29, 1.82) is 0 Å². The van der Waals surface area contributed by atoms with Gasteiger partial charge in [0.2, 0.25) is 5.91 Å². The molecule has 1 rings (SSSR count). The number of alkyl halides is 1. The number of rotatable bonds is 4. The Morgan fingerprint density at radius 2 is 2.40 bits per heavy atom. The van der Waals surface area contributed by atoms with Crippen molar-refractivity contribution >= 4 is 21.8 Å². The molecule has 84 valence electrons. The van der Waals surface area contributed by atoms with Crippen molar-refractivity contribution in [3.8, 4) is 0 Å². The lowest BCUT2D eigenvalue weighted by Crippen LogP contribution is -2.33. The van der Waals surface area contributed by atoms with E-state index < -0.39 is 0 Å². The molecule has 0 bridgehead atoms. The van der Waals surface area contributed by atoms with Crippen LogP contribution in [0.25, 0.3) is 0 Å². The highest BCUT2D eigenvalue weighted by atomic mass is 79.9. The zero-order valence-corrected chi connectivity index (χ0v) is 10.9. The van der Waals surface area contributed by atoms with E-state index in [-0.39, 0.29) is 10.7 Å². The zero-order valence-electron chi connectivity index (χ0n) is 9.27. The maximum Gasteiger partial charge on any atom is 0.236 e. The number of aromatic nitrogens is 2. The molecule has 1 aromatic heterocycles. The number of halogens is 1. The first-order chi connectivity index (χ1) is 7.06. The van der Waals surface area contributed by atoms with Gasteiger partial charge in [-0.1, -0.05) is 22.9 Å². The summed E-state index contributed by atoms with van der Waals surface area (Å²) in [6.07, 6.45) is 4.40. The molecule has 0 spiro atoms. The van der Waals surface area contributed by atoms with Crippen LogP contribution < -0.4 is 0 Å². The number of nitrogens with zero attached hydrogens (tertiary/aromatic N) is 3. The predicted molar refractivity (Wildman–Crippen MR) is 62.7 cm³/mol. The molecule has 1 unspecified atom stereocenters. The fourth-order valence-electron chi connectivity index (χ4n) is 1.25. The van der Waals surface area contributed by atoms with Crippen LogP contribution in [0.5, 0.6) is 0 Å². The van der Waals surface area contributed by atoms with Crippen LogP contribution >= 0.6 is 15.9 Å². The van der Waals surface area contributed by atoms with Gasteiger partial charge in [-0.05, 0) is 6.42 Å². The summed E-state index contributed by atoms with van der Waals surface area (Å²) in [5.41, 5.74) is 0. The average molecular weight is 274 g/mol. The SMILES string of the molecule is CCC(Br)C(=O)N(C)Cc1nccn1C. The van der Waals surface area contributed by atoms with E-state index >= 15 is 0 Å². The van der Waals surface area contributed by atoms with Gasteiger partial charge in [0.05, 0.1) is 11.4 Å². The molecule has 0 aliphatic heterocycles. The molecule has 0 aliphatic rings. The summed E-state index contributed by atoms with van der Waals surface area (Å²) in [4.78, 5) is 17.5. The first-order valence-corrected chi connectivity index (χ1v) is 5.83. The van der Waals surface area contributed by atoms with Crippen molar-refractivity contribution < 1.29 is 4.79 Å². The number of amides is 1. The minimum absolute atomic E-state index is 0.0947. The Kier molecular flexibility index (Phi) is 4.32. The minimum atomic E-state index is -0.0947. The van der Waals surface area contributed by atoms with Crippen molar-refractivity contribution in [1.82, 2.24) is 14.5 Å². The summed E-state index contributed by atoms with van der Waals surface area (Å²) >= 11 is 3.35. The number of hydrogen-bond donors (Lipinski definition) is 0. The Hall–Kier alpha value is -0.840. The van der Waals surface area contributed by atoms with Crippen LogP contribution in [0.15, 0.2) is 12.4 Å². The van der Waals surface area contributed by atoms with Gasteiger partial charge in [0, 0.05) is 26.5 Å². The van der Waals surface area contributed by atoms with Crippen LogP contribution in [0.4, 0.5) is 0 Å². The minimum Gasteiger partial charge on any atom is -0.337 e. The second kappa shape index (κ2) is 5.30. The van der Waals surface area contributed by atoms with Gasteiger partial charge in [-0.2, -0.15) is 0 Å². The molecule has 4 nitrogen and oxygen atoms in total. The van der Waals surface area contributed by atoms with E-state index in [1.807, 2.05) is 24.7 Å². The lowest BCUT2D eigenvalue weighted by molar-refractivity contribution is -0.129. The zero-order chi connectivity index (χ0) is 11.4. The van der Waals surface area contributed by atoms with Crippen molar-refractivity contribution in [2.75, 3.05) is 7.05 Å². The van der Waals surface area contributed by atoms with Gasteiger partial charge in [-0.15, -0.1) is 0 Å². The Labute approximate surface area is 98.4 Å².